The van der Waals surface area contributed by atoms with Gasteiger partial charge in [-0.05, 0) is 31.7 Å². The lowest BCUT2D eigenvalue weighted by Gasteiger charge is -2.14. The van der Waals surface area contributed by atoms with Crippen LogP contribution in [-0.4, -0.2) is 15.8 Å². The van der Waals surface area contributed by atoms with Crippen LogP contribution in [0.15, 0.2) is 6.07 Å². The van der Waals surface area contributed by atoms with E-state index in [2.05, 4.69) is 31.9 Å². The number of hydrogen-bond acceptors (Lipinski definition) is 2. The highest BCUT2D eigenvalue weighted by Crippen LogP contribution is 2.12. The Bertz CT molecular complexity index is 289. The molecule has 2 N–H and O–H groups in total. The van der Waals surface area contributed by atoms with Gasteiger partial charge in [0.05, 0.1) is 5.69 Å². The summed E-state index contributed by atoms with van der Waals surface area (Å²) in [6.07, 6.45) is 2.02. The van der Waals surface area contributed by atoms with E-state index in [4.69, 9.17) is 5.73 Å². The third-order valence-corrected chi connectivity index (χ3v) is 2.82. The average molecular weight is 195 g/mol. The van der Waals surface area contributed by atoms with Gasteiger partial charge < -0.3 is 5.73 Å². The topological polar surface area (TPSA) is 43.8 Å². The van der Waals surface area contributed by atoms with E-state index in [1.54, 1.807) is 0 Å². The van der Waals surface area contributed by atoms with E-state index in [-0.39, 0.29) is 6.04 Å². The minimum absolute atomic E-state index is 0.245. The molecule has 0 aromatic carbocycles. The molecule has 2 atom stereocenters. The van der Waals surface area contributed by atoms with Gasteiger partial charge in [-0.25, -0.2) is 0 Å². The molecule has 3 heteroatoms. The van der Waals surface area contributed by atoms with Crippen LogP contribution in [0.4, 0.5) is 0 Å². The van der Waals surface area contributed by atoms with Gasteiger partial charge in [-0.1, -0.05) is 13.8 Å². The van der Waals surface area contributed by atoms with Crippen molar-refractivity contribution in [2.24, 2.45) is 18.7 Å². The fourth-order valence-electron chi connectivity index (χ4n) is 1.45. The molecule has 1 heterocycles. The van der Waals surface area contributed by atoms with E-state index in [0.717, 1.165) is 12.8 Å². The monoisotopic (exact) mass is 195 g/mol. The van der Waals surface area contributed by atoms with Crippen LogP contribution in [0.3, 0.4) is 0 Å². The molecule has 0 bridgehead atoms. The maximum Gasteiger partial charge on any atom is 0.0624 e. The molecule has 1 rings (SSSR count). The number of nitrogens with two attached hydrogens (primary N) is 1. The Balaban J connectivity index is 2.71. The first-order valence-electron chi connectivity index (χ1n) is 5.32. The van der Waals surface area contributed by atoms with E-state index in [9.17, 15) is 0 Å². The van der Waals surface area contributed by atoms with Crippen molar-refractivity contribution < 1.29 is 0 Å². The molecule has 0 spiro atoms. The first-order valence-corrected chi connectivity index (χ1v) is 5.32. The van der Waals surface area contributed by atoms with Crippen molar-refractivity contribution in [1.82, 2.24) is 9.78 Å². The van der Waals surface area contributed by atoms with Crippen molar-refractivity contribution in [3.05, 3.63) is 17.5 Å². The van der Waals surface area contributed by atoms with Crippen LogP contribution in [0.5, 0.6) is 0 Å². The highest BCUT2D eigenvalue weighted by atomic mass is 15.3. The van der Waals surface area contributed by atoms with E-state index < -0.39 is 0 Å². The molecule has 80 valence electrons. The number of rotatable bonds is 4. The lowest BCUT2D eigenvalue weighted by atomic mass is 9.98. The van der Waals surface area contributed by atoms with E-state index in [1.807, 2.05) is 11.7 Å². The zero-order chi connectivity index (χ0) is 10.7. The highest BCUT2D eigenvalue weighted by Gasteiger charge is 2.11. The van der Waals surface area contributed by atoms with E-state index in [1.165, 1.54) is 11.4 Å². The molecule has 0 saturated heterocycles. The lowest BCUT2D eigenvalue weighted by Crippen LogP contribution is -2.26. The molecule has 0 aliphatic heterocycles. The molecular formula is C11H21N3. The van der Waals surface area contributed by atoms with E-state index >= 15 is 0 Å². The van der Waals surface area contributed by atoms with Gasteiger partial charge in [-0.15, -0.1) is 0 Å². The number of hydrogen-bond donors (Lipinski definition) is 1. The van der Waals surface area contributed by atoms with Crippen LogP contribution in [0.1, 0.15) is 32.2 Å². The number of aryl methyl sites for hydroxylation is 2. The molecule has 1 aromatic rings. The molecule has 14 heavy (non-hydrogen) atoms. The highest BCUT2D eigenvalue weighted by molar-refractivity contribution is 5.11. The van der Waals surface area contributed by atoms with Crippen molar-refractivity contribution in [3.63, 3.8) is 0 Å². The number of aromatic nitrogens is 2. The third kappa shape index (κ3) is 2.58. The average Bonchev–Trinajstić information content (AvgIpc) is 2.47. The molecule has 1 aromatic heterocycles. The van der Waals surface area contributed by atoms with Crippen molar-refractivity contribution in [1.29, 1.82) is 0 Å². The molecule has 0 aliphatic rings. The summed E-state index contributed by atoms with van der Waals surface area (Å²) in [5, 5.41) is 4.42. The van der Waals surface area contributed by atoms with Crippen LogP contribution >= 0.6 is 0 Å². The fourth-order valence-corrected chi connectivity index (χ4v) is 1.45. The summed E-state index contributed by atoms with van der Waals surface area (Å²) in [6, 6.07) is 2.42. The maximum atomic E-state index is 5.84. The summed E-state index contributed by atoms with van der Waals surface area (Å²) < 4.78 is 1.97. The second kappa shape index (κ2) is 4.60. The van der Waals surface area contributed by atoms with Crippen molar-refractivity contribution in [2.75, 3.05) is 0 Å². The van der Waals surface area contributed by atoms with Gasteiger partial charge in [0.2, 0.25) is 0 Å². The van der Waals surface area contributed by atoms with Gasteiger partial charge in [-0.2, -0.15) is 5.10 Å². The predicted octanol–water partition coefficient (Wildman–Crippen LogP) is 1.51. The normalized spacial score (nSPS) is 15.5. The Morgan fingerprint density at radius 1 is 1.50 bits per heavy atom. The second-order valence-corrected chi connectivity index (χ2v) is 4.14. The third-order valence-electron chi connectivity index (χ3n) is 2.82. The van der Waals surface area contributed by atoms with Crippen LogP contribution in [0.25, 0.3) is 0 Å². The van der Waals surface area contributed by atoms with Crippen LogP contribution in [0, 0.1) is 5.92 Å². The molecule has 0 saturated carbocycles. The largest absolute Gasteiger partial charge is 0.328 e. The van der Waals surface area contributed by atoms with E-state index in [0.29, 0.717) is 5.92 Å². The molecule has 3 nitrogen and oxygen atoms in total. The van der Waals surface area contributed by atoms with Gasteiger partial charge in [0, 0.05) is 18.8 Å². The maximum absolute atomic E-state index is 5.84. The summed E-state index contributed by atoms with van der Waals surface area (Å²) >= 11 is 0. The summed E-state index contributed by atoms with van der Waals surface area (Å²) in [5.41, 5.74) is 8.29. The Hall–Kier alpha value is -0.830. The zero-order valence-electron chi connectivity index (χ0n) is 9.62. The summed E-state index contributed by atoms with van der Waals surface area (Å²) in [6.45, 7) is 6.37. The van der Waals surface area contributed by atoms with Gasteiger partial charge in [0.1, 0.15) is 0 Å². The van der Waals surface area contributed by atoms with Crippen molar-refractivity contribution >= 4 is 0 Å². The Morgan fingerprint density at radius 2 is 2.14 bits per heavy atom. The SMILES string of the molecule is CCc1cc(CC(C)C(C)N)n(C)n1. The summed E-state index contributed by atoms with van der Waals surface area (Å²) in [4.78, 5) is 0. The standard InChI is InChI=1S/C11H21N3/c1-5-10-7-11(14(4)13-10)6-8(2)9(3)12/h7-9H,5-6,12H2,1-4H3. The molecule has 0 fully saturated rings. The van der Waals surface area contributed by atoms with Crippen molar-refractivity contribution in [3.8, 4) is 0 Å². The fraction of sp³-hybridized carbons (Fsp3) is 0.727. The first kappa shape index (κ1) is 11.2. The van der Waals surface area contributed by atoms with Crippen LogP contribution in [0.2, 0.25) is 0 Å². The molecular weight excluding hydrogens is 174 g/mol. The Kier molecular flexibility index (Phi) is 3.69. The molecule has 2 unspecified atom stereocenters. The smallest absolute Gasteiger partial charge is 0.0624 e. The number of nitrogens with zero attached hydrogens (tertiary/aromatic N) is 2. The zero-order valence-corrected chi connectivity index (χ0v) is 9.62. The van der Waals surface area contributed by atoms with Gasteiger partial charge in [0.25, 0.3) is 0 Å². The second-order valence-electron chi connectivity index (χ2n) is 4.14. The van der Waals surface area contributed by atoms with Gasteiger partial charge in [0.15, 0.2) is 0 Å². The molecule has 0 aliphatic carbocycles. The summed E-state index contributed by atoms with van der Waals surface area (Å²) in [5.74, 6) is 0.509. The minimum Gasteiger partial charge on any atom is -0.328 e. The quantitative estimate of drug-likeness (QED) is 0.791. The van der Waals surface area contributed by atoms with Gasteiger partial charge in [-0.3, -0.25) is 4.68 Å². The summed E-state index contributed by atoms with van der Waals surface area (Å²) in [7, 11) is 2.00. The first-order chi connectivity index (χ1) is 6.54. The minimum atomic E-state index is 0.245. The van der Waals surface area contributed by atoms with Crippen LogP contribution in [-0.2, 0) is 19.9 Å². The molecule has 0 amide bonds. The Morgan fingerprint density at radius 3 is 2.57 bits per heavy atom. The van der Waals surface area contributed by atoms with Crippen LogP contribution < -0.4 is 5.73 Å². The predicted molar refractivity (Wildman–Crippen MR) is 59.1 cm³/mol. The van der Waals surface area contributed by atoms with Crippen molar-refractivity contribution in [2.45, 2.75) is 39.7 Å². The molecule has 0 radical (unpaired) electrons. The van der Waals surface area contributed by atoms with Gasteiger partial charge >= 0.3 is 0 Å². The lowest BCUT2D eigenvalue weighted by molar-refractivity contribution is 0.466. The Labute approximate surface area is 86.3 Å².